The lowest BCUT2D eigenvalue weighted by Gasteiger charge is -2.12. The van der Waals surface area contributed by atoms with Crippen molar-refractivity contribution in [1.29, 1.82) is 5.26 Å². The van der Waals surface area contributed by atoms with Crippen LogP contribution in [0.5, 0.6) is 0 Å². The van der Waals surface area contributed by atoms with Crippen LogP contribution in [0.1, 0.15) is 25.5 Å². The standard InChI is InChI=1S/C10H12N4/c1-10(4-5-10)14-9-3-2-7(12)8(6-11)13-9/h2-3H,4-5,12H2,1H3,(H,13,14). The van der Waals surface area contributed by atoms with E-state index in [0.717, 1.165) is 18.7 Å². The Hall–Kier alpha value is -1.76. The maximum absolute atomic E-state index is 8.74. The summed E-state index contributed by atoms with van der Waals surface area (Å²) in [5, 5.41) is 12.0. The molecule has 1 heterocycles. The monoisotopic (exact) mass is 188 g/mol. The van der Waals surface area contributed by atoms with E-state index in [1.54, 1.807) is 12.1 Å². The van der Waals surface area contributed by atoms with Gasteiger partial charge in [-0.05, 0) is 31.9 Å². The predicted octanol–water partition coefficient (Wildman–Crippen LogP) is 1.50. The summed E-state index contributed by atoms with van der Waals surface area (Å²) in [6, 6.07) is 5.48. The van der Waals surface area contributed by atoms with E-state index in [0.29, 0.717) is 11.4 Å². The Kier molecular flexibility index (Phi) is 1.81. The van der Waals surface area contributed by atoms with Gasteiger partial charge in [0, 0.05) is 5.54 Å². The molecule has 0 aliphatic heterocycles. The molecule has 0 amide bonds. The maximum Gasteiger partial charge on any atom is 0.165 e. The summed E-state index contributed by atoms with van der Waals surface area (Å²) < 4.78 is 0. The number of anilines is 2. The molecule has 1 saturated carbocycles. The van der Waals surface area contributed by atoms with E-state index in [1.165, 1.54) is 0 Å². The molecular formula is C10H12N4. The molecule has 0 unspecified atom stereocenters. The molecule has 0 radical (unpaired) electrons. The first kappa shape index (κ1) is 8.82. The normalized spacial score (nSPS) is 17.1. The van der Waals surface area contributed by atoms with E-state index in [2.05, 4.69) is 17.2 Å². The molecule has 3 N–H and O–H groups in total. The highest BCUT2D eigenvalue weighted by atomic mass is 15.1. The van der Waals surface area contributed by atoms with Crippen LogP contribution >= 0.6 is 0 Å². The third-order valence-electron chi connectivity index (χ3n) is 2.46. The SMILES string of the molecule is CC1(Nc2ccc(N)c(C#N)n2)CC1. The third kappa shape index (κ3) is 1.62. The smallest absolute Gasteiger partial charge is 0.165 e. The minimum atomic E-state index is 0.176. The van der Waals surface area contributed by atoms with Crippen LogP contribution < -0.4 is 11.1 Å². The molecule has 1 aromatic rings. The second kappa shape index (κ2) is 2.88. The molecule has 1 fully saturated rings. The Morgan fingerprint density at radius 3 is 2.86 bits per heavy atom. The van der Waals surface area contributed by atoms with E-state index in [1.807, 2.05) is 6.07 Å². The summed E-state index contributed by atoms with van der Waals surface area (Å²) in [5.74, 6) is 0.732. The van der Waals surface area contributed by atoms with Gasteiger partial charge in [0.1, 0.15) is 11.9 Å². The zero-order chi connectivity index (χ0) is 10.2. The molecule has 2 rings (SSSR count). The van der Waals surface area contributed by atoms with E-state index >= 15 is 0 Å². The summed E-state index contributed by atoms with van der Waals surface area (Å²) in [6.07, 6.45) is 2.31. The number of rotatable bonds is 2. The van der Waals surface area contributed by atoms with Crippen molar-refractivity contribution in [3.8, 4) is 6.07 Å². The number of pyridine rings is 1. The van der Waals surface area contributed by atoms with Crippen LogP contribution in [-0.2, 0) is 0 Å². The van der Waals surface area contributed by atoms with Crippen molar-refractivity contribution in [3.63, 3.8) is 0 Å². The fourth-order valence-corrected chi connectivity index (χ4v) is 1.25. The predicted molar refractivity (Wildman–Crippen MR) is 54.6 cm³/mol. The van der Waals surface area contributed by atoms with Crippen molar-refractivity contribution in [2.24, 2.45) is 0 Å². The molecule has 0 spiro atoms. The van der Waals surface area contributed by atoms with Crippen molar-refractivity contribution in [3.05, 3.63) is 17.8 Å². The molecule has 0 saturated heterocycles. The van der Waals surface area contributed by atoms with Crippen LogP contribution in [0.15, 0.2) is 12.1 Å². The van der Waals surface area contributed by atoms with Crippen LogP contribution in [0, 0.1) is 11.3 Å². The zero-order valence-corrected chi connectivity index (χ0v) is 8.04. The van der Waals surface area contributed by atoms with Gasteiger partial charge in [0.2, 0.25) is 0 Å². The van der Waals surface area contributed by atoms with Crippen LogP contribution in [0.3, 0.4) is 0 Å². The molecule has 72 valence electrons. The Morgan fingerprint density at radius 2 is 2.29 bits per heavy atom. The fourth-order valence-electron chi connectivity index (χ4n) is 1.25. The number of hydrogen-bond donors (Lipinski definition) is 2. The van der Waals surface area contributed by atoms with Crippen molar-refractivity contribution >= 4 is 11.5 Å². The van der Waals surface area contributed by atoms with Gasteiger partial charge < -0.3 is 11.1 Å². The van der Waals surface area contributed by atoms with Crippen LogP contribution in [0.25, 0.3) is 0 Å². The Labute approximate surface area is 82.8 Å². The minimum Gasteiger partial charge on any atom is -0.396 e. The molecule has 1 aliphatic carbocycles. The van der Waals surface area contributed by atoms with Crippen LogP contribution in [0.4, 0.5) is 11.5 Å². The quantitative estimate of drug-likeness (QED) is 0.737. The Morgan fingerprint density at radius 1 is 1.57 bits per heavy atom. The number of hydrogen-bond acceptors (Lipinski definition) is 4. The number of aromatic nitrogens is 1. The van der Waals surface area contributed by atoms with E-state index in [9.17, 15) is 0 Å². The first-order chi connectivity index (χ1) is 6.63. The number of nitrogens with zero attached hydrogens (tertiary/aromatic N) is 2. The molecule has 0 aromatic carbocycles. The van der Waals surface area contributed by atoms with Gasteiger partial charge >= 0.3 is 0 Å². The second-order valence-electron chi connectivity index (χ2n) is 3.93. The number of nitrogens with one attached hydrogen (secondary N) is 1. The summed E-state index contributed by atoms with van der Waals surface area (Å²) in [5.41, 5.74) is 6.46. The van der Waals surface area contributed by atoms with E-state index in [4.69, 9.17) is 11.0 Å². The van der Waals surface area contributed by atoms with Gasteiger partial charge in [0.25, 0.3) is 0 Å². The lowest BCUT2D eigenvalue weighted by Crippen LogP contribution is -2.17. The summed E-state index contributed by atoms with van der Waals surface area (Å²) in [6.45, 7) is 2.14. The Balaban J connectivity index is 2.23. The highest BCUT2D eigenvalue weighted by molar-refractivity contribution is 5.55. The van der Waals surface area contributed by atoms with Crippen molar-refractivity contribution in [2.75, 3.05) is 11.1 Å². The fraction of sp³-hybridized carbons (Fsp3) is 0.400. The summed E-state index contributed by atoms with van der Waals surface area (Å²) >= 11 is 0. The summed E-state index contributed by atoms with van der Waals surface area (Å²) in [7, 11) is 0. The third-order valence-corrected chi connectivity index (χ3v) is 2.46. The van der Waals surface area contributed by atoms with Crippen LogP contribution in [-0.4, -0.2) is 10.5 Å². The molecule has 0 atom stereocenters. The maximum atomic E-state index is 8.74. The summed E-state index contributed by atoms with van der Waals surface area (Å²) in [4.78, 5) is 4.12. The van der Waals surface area contributed by atoms with E-state index < -0.39 is 0 Å². The molecule has 1 aromatic heterocycles. The van der Waals surface area contributed by atoms with Crippen molar-refractivity contribution in [1.82, 2.24) is 4.98 Å². The first-order valence-corrected chi connectivity index (χ1v) is 4.58. The topological polar surface area (TPSA) is 74.7 Å². The van der Waals surface area contributed by atoms with Gasteiger partial charge in [-0.1, -0.05) is 0 Å². The number of nitriles is 1. The zero-order valence-electron chi connectivity index (χ0n) is 8.04. The van der Waals surface area contributed by atoms with Gasteiger partial charge in [-0.3, -0.25) is 0 Å². The van der Waals surface area contributed by atoms with Gasteiger partial charge in [0.15, 0.2) is 5.69 Å². The number of nitrogen functional groups attached to an aromatic ring is 1. The lowest BCUT2D eigenvalue weighted by atomic mass is 10.3. The molecule has 4 nitrogen and oxygen atoms in total. The van der Waals surface area contributed by atoms with Gasteiger partial charge in [0.05, 0.1) is 5.69 Å². The first-order valence-electron chi connectivity index (χ1n) is 4.58. The number of nitrogens with two attached hydrogens (primary N) is 1. The second-order valence-corrected chi connectivity index (χ2v) is 3.93. The lowest BCUT2D eigenvalue weighted by molar-refractivity contribution is 0.820. The van der Waals surface area contributed by atoms with Crippen molar-refractivity contribution in [2.45, 2.75) is 25.3 Å². The van der Waals surface area contributed by atoms with Gasteiger partial charge in [-0.15, -0.1) is 0 Å². The largest absolute Gasteiger partial charge is 0.396 e. The van der Waals surface area contributed by atoms with Gasteiger partial charge in [-0.2, -0.15) is 5.26 Å². The molecule has 14 heavy (non-hydrogen) atoms. The molecule has 1 aliphatic rings. The highest BCUT2D eigenvalue weighted by Crippen LogP contribution is 2.37. The van der Waals surface area contributed by atoms with Gasteiger partial charge in [-0.25, -0.2) is 4.98 Å². The highest BCUT2D eigenvalue weighted by Gasteiger charge is 2.37. The molecule has 0 bridgehead atoms. The molecule has 4 heteroatoms. The van der Waals surface area contributed by atoms with Crippen molar-refractivity contribution < 1.29 is 0 Å². The molecular weight excluding hydrogens is 176 g/mol. The average molecular weight is 188 g/mol. The average Bonchev–Trinajstić information content (AvgIpc) is 2.87. The Bertz CT molecular complexity index is 401. The van der Waals surface area contributed by atoms with Crippen LogP contribution in [0.2, 0.25) is 0 Å². The minimum absolute atomic E-state index is 0.176. The van der Waals surface area contributed by atoms with E-state index in [-0.39, 0.29) is 5.54 Å².